The fourth-order valence-corrected chi connectivity index (χ4v) is 5.72. The molecule has 0 fully saturated rings. The van der Waals surface area contributed by atoms with E-state index in [1.165, 1.54) is 0 Å². The molecule has 2 bridgehead atoms. The molecule has 2 aromatic heterocycles. The number of aromatic nitrogens is 4. The standard InChI is InChI=1S/C33H43N7O3/c1-23(2)19-28-33(42)35-14-17-39-16-13-34-32(39)25-9-7-10-26(20-25)43-18-8-15-38(22-31(41)37-28)21-30-36-27-11-5-6-12-29(27)40(30)24(3)4/h5-7,9-13,16,20,23-24,28H,8,14-15,17-19,21-22H2,1-4H3,(H,35,42)(H,37,41)/t28-/m1/s1. The maximum atomic E-state index is 13.4. The summed E-state index contributed by atoms with van der Waals surface area (Å²) in [5.41, 5.74) is 2.97. The number of fused-ring (bicyclic) bond motifs is 5. The predicted molar refractivity (Wildman–Crippen MR) is 168 cm³/mol. The van der Waals surface area contributed by atoms with Gasteiger partial charge in [-0.05, 0) is 56.9 Å². The fourth-order valence-electron chi connectivity index (χ4n) is 5.72. The lowest BCUT2D eigenvalue weighted by Crippen LogP contribution is -2.50. The highest BCUT2D eigenvalue weighted by molar-refractivity contribution is 5.88. The molecule has 10 heteroatoms. The number of nitrogens with one attached hydrogen (secondary N) is 2. The molecule has 2 aromatic carbocycles. The van der Waals surface area contributed by atoms with Crippen LogP contribution in [0.5, 0.6) is 5.75 Å². The van der Waals surface area contributed by atoms with Gasteiger partial charge in [-0.3, -0.25) is 14.5 Å². The maximum absolute atomic E-state index is 13.4. The highest BCUT2D eigenvalue weighted by Crippen LogP contribution is 2.24. The molecule has 1 aliphatic heterocycles. The number of para-hydroxylation sites is 2. The van der Waals surface area contributed by atoms with Crippen molar-refractivity contribution in [1.29, 1.82) is 0 Å². The van der Waals surface area contributed by atoms with Crippen molar-refractivity contribution in [2.45, 2.75) is 65.7 Å². The molecule has 0 aliphatic carbocycles. The van der Waals surface area contributed by atoms with Crippen molar-refractivity contribution < 1.29 is 14.3 Å². The summed E-state index contributed by atoms with van der Waals surface area (Å²) in [5.74, 6) is 2.37. The molecule has 2 amide bonds. The van der Waals surface area contributed by atoms with Crippen LogP contribution in [0.3, 0.4) is 0 Å². The van der Waals surface area contributed by atoms with Crippen LogP contribution in [-0.4, -0.2) is 68.1 Å². The summed E-state index contributed by atoms with van der Waals surface area (Å²) >= 11 is 0. The monoisotopic (exact) mass is 585 g/mol. The van der Waals surface area contributed by atoms with E-state index in [0.717, 1.165) is 34.0 Å². The number of carbonyl (C=O) groups is 2. The Morgan fingerprint density at radius 1 is 1.05 bits per heavy atom. The van der Waals surface area contributed by atoms with E-state index in [1.807, 2.05) is 53.2 Å². The Balaban J connectivity index is 1.41. The normalized spacial score (nSPS) is 17.7. The number of rotatable bonds is 5. The quantitative estimate of drug-likeness (QED) is 0.359. The lowest BCUT2D eigenvalue weighted by Gasteiger charge is -2.25. The van der Waals surface area contributed by atoms with Gasteiger partial charge in [0.05, 0.1) is 30.7 Å². The molecule has 3 heterocycles. The zero-order valence-corrected chi connectivity index (χ0v) is 25.6. The number of hydrogen-bond acceptors (Lipinski definition) is 6. The summed E-state index contributed by atoms with van der Waals surface area (Å²) in [7, 11) is 0. The molecule has 5 rings (SSSR count). The molecule has 2 N–H and O–H groups in total. The Bertz CT molecular complexity index is 1540. The van der Waals surface area contributed by atoms with Crippen molar-refractivity contribution >= 4 is 22.8 Å². The van der Waals surface area contributed by atoms with Crippen LogP contribution in [0.15, 0.2) is 60.9 Å². The molecule has 0 saturated heterocycles. The lowest BCUT2D eigenvalue weighted by atomic mass is 10.0. The third-order valence-electron chi connectivity index (χ3n) is 7.62. The molecule has 4 aromatic rings. The van der Waals surface area contributed by atoms with Gasteiger partial charge in [0.1, 0.15) is 23.4 Å². The van der Waals surface area contributed by atoms with E-state index >= 15 is 0 Å². The Hall–Kier alpha value is -4.18. The van der Waals surface area contributed by atoms with Crippen molar-refractivity contribution in [2.75, 3.05) is 26.2 Å². The first-order valence-corrected chi connectivity index (χ1v) is 15.3. The number of nitrogens with zero attached hydrogens (tertiary/aromatic N) is 5. The summed E-state index contributed by atoms with van der Waals surface area (Å²) in [6.45, 7) is 11.1. The van der Waals surface area contributed by atoms with E-state index < -0.39 is 6.04 Å². The van der Waals surface area contributed by atoms with E-state index in [0.29, 0.717) is 45.6 Å². The molecule has 0 radical (unpaired) electrons. The predicted octanol–water partition coefficient (Wildman–Crippen LogP) is 4.41. The molecule has 43 heavy (non-hydrogen) atoms. The summed E-state index contributed by atoms with van der Waals surface area (Å²) in [4.78, 5) is 38.3. The van der Waals surface area contributed by atoms with Crippen LogP contribution in [-0.2, 0) is 22.7 Å². The molecule has 1 aliphatic rings. The third-order valence-corrected chi connectivity index (χ3v) is 7.62. The van der Waals surface area contributed by atoms with Gasteiger partial charge in [-0.2, -0.15) is 0 Å². The Kier molecular flexibility index (Phi) is 9.76. The van der Waals surface area contributed by atoms with Gasteiger partial charge in [0.15, 0.2) is 0 Å². The molecular weight excluding hydrogens is 542 g/mol. The zero-order chi connectivity index (χ0) is 30.3. The highest BCUT2D eigenvalue weighted by Gasteiger charge is 2.24. The van der Waals surface area contributed by atoms with Crippen LogP contribution >= 0.6 is 0 Å². The van der Waals surface area contributed by atoms with Crippen molar-refractivity contribution in [2.24, 2.45) is 5.92 Å². The number of imidazole rings is 2. The van der Waals surface area contributed by atoms with Crippen LogP contribution in [0.25, 0.3) is 22.4 Å². The Morgan fingerprint density at radius 2 is 1.88 bits per heavy atom. The maximum Gasteiger partial charge on any atom is 0.242 e. The van der Waals surface area contributed by atoms with Crippen LogP contribution in [0, 0.1) is 5.92 Å². The van der Waals surface area contributed by atoms with Gasteiger partial charge in [-0.1, -0.05) is 38.1 Å². The van der Waals surface area contributed by atoms with Crippen LogP contribution < -0.4 is 15.4 Å². The van der Waals surface area contributed by atoms with Gasteiger partial charge in [0.2, 0.25) is 11.8 Å². The lowest BCUT2D eigenvalue weighted by molar-refractivity contribution is -0.130. The fraction of sp³-hybridized carbons (Fsp3) is 0.455. The van der Waals surface area contributed by atoms with E-state index in [1.54, 1.807) is 6.20 Å². The van der Waals surface area contributed by atoms with Gasteiger partial charge in [-0.15, -0.1) is 0 Å². The molecule has 10 nitrogen and oxygen atoms in total. The van der Waals surface area contributed by atoms with Gasteiger partial charge < -0.3 is 24.5 Å². The summed E-state index contributed by atoms with van der Waals surface area (Å²) in [6, 6.07) is 15.6. The minimum absolute atomic E-state index is 0.150. The average Bonchev–Trinajstić information content (AvgIpc) is 3.58. The van der Waals surface area contributed by atoms with Crippen molar-refractivity contribution in [3.63, 3.8) is 0 Å². The summed E-state index contributed by atoms with van der Waals surface area (Å²) in [5, 5.41) is 6.06. The second kappa shape index (κ2) is 13.9. The van der Waals surface area contributed by atoms with Gasteiger partial charge in [0.25, 0.3) is 0 Å². The first-order chi connectivity index (χ1) is 20.8. The minimum Gasteiger partial charge on any atom is -0.494 e. The SMILES string of the molecule is CC(C)C[C@H]1NC(=O)CN(Cc2nc3ccccc3n2C(C)C)CCCOc2cccc(c2)-c2nccn2CCNC1=O. The second-order valence-corrected chi connectivity index (χ2v) is 11.9. The van der Waals surface area contributed by atoms with Crippen LogP contribution in [0.2, 0.25) is 0 Å². The van der Waals surface area contributed by atoms with Crippen LogP contribution in [0.1, 0.15) is 52.4 Å². The average molecular weight is 586 g/mol. The highest BCUT2D eigenvalue weighted by atomic mass is 16.5. The summed E-state index contributed by atoms with van der Waals surface area (Å²) in [6.07, 6.45) is 4.93. The molecular formula is C33H43N7O3. The molecule has 0 saturated carbocycles. The van der Waals surface area contributed by atoms with E-state index in [4.69, 9.17) is 9.72 Å². The molecule has 228 valence electrons. The van der Waals surface area contributed by atoms with E-state index in [2.05, 4.69) is 58.8 Å². The van der Waals surface area contributed by atoms with E-state index in [9.17, 15) is 9.59 Å². The number of carbonyl (C=O) groups excluding carboxylic acids is 2. The third kappa shape index (κ3) is 7.62. The molecule has 0 unspecified atom stereocenters. The smallest absolute Gasteiger partial charge is 0.242 e. The van der Waals surface area contributed by atoms with E-state index in [-0.39, 0.29) is 30.3 Å². The Morgan fingerprint density at radius 3 is 2.70 bits per heavy atom. The largest absolute Gasteiger partial charge is 0.494 e. The topological polar surface area (TPSA) is 106 Å². The van der Waals surface area contributed by atoms with Gasteiger partial charge in [0, 0.05) is 43.6 Å². The Labute approximate surface area is 253 Å². The molecule has 0 spiro atoms. The first-order valence-electron chi connectivity index (χ1n) is 15.3. The summed E-state index contributed by atoms with van der Waals surface area (Å²) < 4.78 is 10.4. The number of amides is 2. The minimum atomic E-state index is -0.615. The molecule has 1 atom stereocenters. The number of hydrogen-bond donors (Lipinski definition) is 2. The van der Waals surface area contributed by atoms with Gasteiger partial charge in [-0.25, -0.2) is 9.97 Å². The number of benzene rings is 2. The van der Waals surface area contributed by atoms with Crippen molar-refractivity contribution in [3.8, 4) is 17.1 Å². The van der Waals surface area contributed by atoms with Crippen LogP contribution in [0.4, 0.5) is 0 Å². The second-order valence-electron chi connectivity index (χ2n) is 11.9. The van der Waals surface area contributed by atoms with Crippen molar-refractivity contribution in [1.82, 2.24) is 34.6 Å². The van der Waals surface area contributed by atoms with Gasteiger partial charge >= 0.3 is 0 Å². The zero-order valence-electron chi connectivity index (χ0n) is 25.6. The number of ether oxygens (including phenoxy) is 1. The van der Waals surface area contributed by atoms with Crippen molar-refractivity contribution in [3.05, 3.63) is 66.7 Å². The first kappa shape index (κ1) is 30.3.